The third-order valence-corrected chi connectivity index (χ3v) is 6.02. The van der Waals surface area contributed by atoms with Crippen LogP contribution >= 0.6 is 0 Å². The van der Waals surface area contributed by atoms with E-state index in [-0.39, 0.29) is 40.8 Å². The molecule has 1 N–H and O–H groups in total. The van der Waals surface area contributed by atoms with Gasteiger partial charge in [-0.3, -0.25) is 24.1 Å². The second-order valence-electron chi connectivity index (χ2n) is 8.30. The largest absolute Gasteiger partial charge is 0.454 e. The number of rotatable bonds is 7. The van der Waals surface area contributed by atoms with Gasteiger partial charge in [-0.1, -0.05) is 0 Å². The number of H-pyrrole nitrogens is 1. The van der Waals surface area contributed by atoms with Crippen molar-refractivity contribution in [2.75, 3.05) is 19.8 Å². The number of nitrogens with zero attached hydrogens (tertiary/aromatic N) is 1. The number of benzene rings is 1. The van der Waals surface area contributed by atoms with Crippen molar-refractivity contribution >= 4 is 29.4 Å². The zero-order chi connectivity index (χ0) is 23.9. The highest BCUT2D eigenvalue weighted by Gasteiger charge is 2.38. The molecule has 0 aliphatic carbocycles. The average Bonchev–Trinajstić information content (AvgIpc) is 3.46. The molecule has 3 heterocycles. The molecule has 2 aromatic rings. The van der Waals surface area contributed by atoms with Crippen LogP contribution in [0.3, 0.4) is 0 Å². The predicted molar refractivity (Wildman–Crippen MR) is 116 cm³/mol. The number of Topliss-reactive ketones (excluding diaryl/α,β-unsaturated/α-hetero) is 2. The Kier molecular flexibility index (Phi) is 5.99. The summed E-state index contributed by atoms with van der Waals surface area (Å²) in [6, 6.07) is 4.13. The van der Waals surface area contributed by atoms with Gasteiger partial charge in [-0.05, 0) is 57.4 Å². The molecule has 2 aliphatic rings. The number of imide groups is 1. The summed E-state index contributed by atoms with van der Waals surface area (Å²) in [5.41, 5.74) is 2.15. The molecule has 2 amide bonds. The third-order valence-electron chi connectivity index (χ3n) is 6.02. The predicted octanol–water partition coefficient (Wildman–Crippen LogP) is 2.65. The van der Waals surface area contributed by atoms with Crippen LogP contribution in [0.4, 0.5) is 0 Å². The standard InChI is InChI=1S/C24H24N2O7/c1-12-20(14(3)27)13(2)25-21(12)19(28)11-33-24(31)15-6-7-17-18(9-15)23(30)26(22(17)29)10-16-5-4-8-32-16/h6-7,9,16,25H,4-5,8,10-11H2,1-3H3. The van der Waals surface area contributed by atoms with Gasteiger partial charge >= 0.3 is 5.97 Å². The van der Waals surface area contributed by atoms with Gasteiger partial charge in [0.05, 0.1) is 35.0 Å². The lowest BCUT2D eigenvalue weighted by Crippen LogP contribution is -2.36. The van der Waals surface area contributed by atoms with E-state index in [0.29, 0.717) is 23.4 Å². The van der Waals surface area contributed by atoms with Crippen molar-refractivity contribution in [3.63, 3.8) is 0 Å². The lowest BCUT2D eigenvalue weighted by Gasteiger charge is -2.17. The number of carbonyl (C=O) groups excluding carboxylic acids is 5. The van der Waals surface area contributed by atoms with Crippen LogP contribution in [-0.4, -0.2) is 65.1 Å². The number of esters is 1. The monoisotopic (exact) mass is 452 g/mol. The molecular weight excluding hydrogens is 428 g/mol. The highest BCUT2D eigenvalue weighted by Crippen LogP contribution is 2.26. The zero-order valence-electron chi connectivity index (χ0n) is 18.6. The van der Waals surface area contributed by atoms with Crippen molar-refractivity contribution in [1.29, 1.82) is 0 Å². The Balaban J connectivity index is 1.44. The Morgan fingerprint density at radius 3 is 2.52 bits per heavy atom. The zero-order valence-corrected chi connectivity index (χ0v) is 18.6. The fraction of sp³-hybridized carbons (Fsp3) is 0.375. The maximum atomic E-state index is 12.8. The van der Waals surface area contributed by atoms with E-state index in [2.05, 4.69) is 4.98 Å². The van der Waals surface area contributed by atoms with Crippen LogP contribution in [0.5, 0.6) is 0 Å². The summed E-state index contributed by atoms with van der Waals surface area (Å²) in [4.78, 5) is 66.2. The smallest absolute Gasteiger partial charge is 0.338 e. The molecule has 1 aromatic heterocycles. The van der Waals surface area contributed by atoms with Gasteiger partial charge in [0.2, 0.25) is 5.78 Å². The number of aromatic amines is 1. The van der Waals surface area contributed by atoms with Crippen LogP contribution in [0.25, 0.3) is 0 Å². The molecule has 172 valence electrons. The van der Waals surface area contributed by atoms with E-state index < -0.39 is 30.2 Å². The van der Waals surface area contributed by atoms with Crippen molar-refractivity contribution in [3.8, 4) is 0 Å². The molecule has 1 atom stereocenters. The van der Waals surface area contributed by atoms with E-state index in [4.69, 9.17) is 9.47 Å². The maximum absolute atomic E-state index is 12.8. The quantitative estimate of drug-likeness (QED) is 0.389. The van der Waals surface area contributed by atoms with Crippen LogP contribution in [-0.2, 0) is 9.47 Å². The Morgan fingerprint density at radius 1 is 1.15 bits per heavy atom. The normalized spacial score (nSPS) is 17.4. The molecule has 2 aliphatic heterocycles. The van der Waals surface area contributed by atoms with Crippen LogP contribution in [0.1, 0.15) is 82.9 Å². The lowest BCUT2D eigenvalue weighted by atomic mass is 10.1. The third kappa shape index (κ3) is 4.11. The number of ketones is 2. The van der Waals surface area contributed by atoms with Crippen molar-refractivity contribution in [2.45, 2.75) is 39.7 Å². The Bertz CT molecular complexity index is 1190. The summed E-state index contributed by atoms with van der Waals surface area (Å²) < 4.78 is 10.7. The van der Waals surface area contributed by atoms with Crippen molar-refractivity contribution in [2.24, 2.45) is 0 Å². The SMILES string of the molecule is CC(=O)c1c(C)[nH]c(C(=O)COC(=O)c2ccc3c(c2)C(=O)N(CC2CCCO2)C3=O)c1C. The van der Waals surface area contributed by atoms with E-state index in [1.165, 1.54) is 25.1 Å². The first-order chi connectivity index (χ1) is 15.7. The number of aryl methyl sites for hydroxylation is 1. The Labute approximate surface area is 190 Å². The van der Waals surface area contributed by atoms with E-state index in [1.54, 1.807) is 13.8 Å². The van der Waals surface area contributed by atoms with Gasteiger partial charge in [0.25, 0.3) is 11.8 Å². The number of ether oxygens (including phenoxy) is 2. The van der Waals surface area contributed by atoms with Crippen LogP contribution in [0.2, 0.25) is 0 Å². The maximum Gasteiger partial charge on any atom is 0.338 e. The number of aromatic nitrogens is 1. The highest BCUT2D eigenvalue weighted by atomic mass is 16.5. The molecule has 9 heteroatoms. The summed E-state index contributed by atoms with van der Waals surface area (Å²) in [5.74, 6) is -2.34. The van der Waals surface area contributed by atoms with Gasteiger partial charge in [0, 0.05) is 17.9 Å². The fourth-order valence-corrected chi connectivity index (χ4v) is 4.42. The molecule has 33 heavy (non-hydrogen) atoms. The highest BCUT2D eigenvalue weighted by molar-refractivity contribution is 6.22. The minimum absolute atomic E-state index is 0.0606. The molecule has 1 fully saturated rings. The molecule has 0 saturated carbocycles. The number of hydrogen-bond donors (Lipinski definition) is 1. The van der Waals surface area contributed by atoms with Crippen LogP contribution in [0.15, 0.2) is 18.2 Å². The van der Waals surface area contributed by atoms with Gasteiger partial charge in [-0.15, -0.1) is 0 Å². The van der Waals surface area contributed by atoms with E-state index in [1.807, 2.05) is 0 Å². The summed E-state index contributed by atoms with van der Waals surface area (Å²) in [6.45, 7) is 5.02. The number of fused-ring (bicyclic) bond motifs is 1. The fourth-order valence-electron chi connectivity index (χ4n) is 4.42. The van der Waals surface area contributed by atoms with E-state index in [9.17, 15) is 24.0 Å². The first-order valence-corrected chi connectivity index (χ1v) is 10.7. The van der Waals surface area contributed by atoms with Crippen LogP contribution < -0.4 is 0 Å². The van der Waals surface area contributed by atoms with Crippen molar-refractivity contribution < 1.29 is 33.4 Å². The number of amides is 2. The second kappa shape index (κ2) is 8.74. The molecule has 1 unspecified atom stereocenters. The number of nitrogens with one attached hydrogen (secondary N) is 1. The summed E-state index contributed by atoms with van der Waals surface area (Å²) in [6.07, 6.45) is 1.50. The van der Waals surface area contributed by atoms with Crippen LogP contribution in [0, 0.1) is 13.8 Å². The molecule has 4 rings (SSSR count). The van der Waals surface area contributed by atoms with Gasteiger partial charge < -0.3 is 14.5 Å². The molecule has 0 spiro atoms. The molecule has 0 bridgehead atoms. The summed E-state index contributed by atoms with van der Waals surface area (Å²) in [5, 5.41) is 0. The van der Waals surface area contributed by atoms with E-state index in [0.717, 1.165) is 17.7 Å². The number of hydrogen-bond acceptors (Lipinski definition) is 7. The van der Waals surface area contributed by atoms with Gasteiger partial charge in [-0.25, -0.2) is 4.79 Å². The minimum Gasteiger partial charge on any atom is -0.454 e. The van der Waals surface area contributed by atoms with Crippen molar-refractivity contribution in [1.82, 2.24) is 9.88 Å². The first kappa shape index (κ1) is 22.6. The Hall–Kier alpha value is -3.59. The van der Waals surface area contributed by atoms with Gasteiger partial charge in [-0.2, -0.15) is 0 Å². The molecule has 1 saturated heterocycles. The van der Waals surface area contributed by atoms with Gasteiger partial charge in [0.15, 0.2) is 12.4 Å². The molecule has 0 radical (unpaired) electrons. The minimum atomic E-state index is -0.795. The lowest BCUT2D eigenvalue weighted by molar-refractivity contribution is 0.0472. The van der Waals surface area contributed by atoms with E-state index >= 15 is 0 Å². The topological polar surface area (TPSA) is 123 Å². The second-order valence-corrected chi connectivity index (χ2v) is 8.30. The summed E-state index contributed by atoms with van der Waals surface area (Å²) in [7, 11) is 0. The molecule has 9 nitrogen and oxygen atoms in total. The van der Waals surface area contributed by atoms with Gasteiger partial charge in [0.1, 0.15) is 0 Å². The number of carbonyl (C=O) groups is 5. The Morgan fingerprint density at radius 2 is 1.88 bits per heavy atom. The average molecular weight is 452 g/mol. The first-order valence-electron chi connectivity index (χ1n) is 10.7. The van der Waals surface area contributed by atoms with Crippen molar-refractivity contribution in [3.05, 3.63) is 57.4 Å². The molecular formula is C24H24N2O7. The summed E-state index contributed by atoms with van der Waals surface area (Å²) >= 11 is 0. The molecule has 1 aromatic carbocycles.